The van der Waals surface area contributed by atoms with E-state index >= 15 is 0 Å². The second-order valence-electron chi connectivity index (χ2n) is 4.24. The molecule has 0 aromatic rings. The molecule has 1 saturated heterocycles. The number of amides is 1. The van der Waals surface area contributed by atoms with Crippen LogP contribution in [0.4, 0.5) is 0 Å². The molecule has 4 nitrogen and oxygen atoms in total. The van der Waals surface area contributed by atoms with E-state index in [4.69, 9.17) is 0 Å². The Kier molecular flexibility index (Phi) is 5.05. The topological polar surface area (TPSA) is 44.4 Å². The van der Waals surface area contributed by atoms with Crippen molar-refractivity contribution in [3.8, 4) is 0 Å². The number of rotatable bonds is 4. The molecule has 0 saturated carbocycles. The Morgan fingerprint density at radius 3 is 2.93 bits per heavy atom. The van der Waals surface area contributed by atoms with Crippen LogP contribution in [0.5, 0.6) is 0 Å². The van der Waals surface area contributed by atoms with Crippen LogP contribution in [0, 0.1) is 0 Å². The van der Waals surface area contributed by atoms with Crippen LogP contribution in [0.1, 0.15) is 26.7 Å². The third-order valence-electron chi connectivity index (χ3n) is 3.01. The zero-order valence-electron chi connectivity index (χ0n) is 10.0. The van der Waals surface area contributed by atoms with Gasteiger partial charge in [-0.2, -0.15) is 0 Å². The average molecular weight is 213 g/mol. The maximum Gasteiger partial charge on any atom is 0.238 e. The largest absolute Gasteiger partial charge is 0.355 e. The second-order valence-corrected chi connectivity index (χ2v) is 4.24. The van der Waals surface area contributed by atoms with Gasteiger partial charge in [0.25, 0.3) is 0 Å². The van der Waals surface area contributed by atoms with E-state index in [2.05, 4.69) is 29.4 Å². The maximum absolute atomic E-state index is 11.8. The van der Waals surface area contributed by atoms with Crippen molar-refractivity contribution in [1.82, 2.24) is 15.5 Å². The molecule has 0 spiro atoms. The van der Waals surface area contributed by atoms with E-state index in [9.17, 15) is 4.79 Å². The molecule has 88 valence electrons. The Hall–Kier alpha value is -0.610. The normalized spacial score (nSPS) is 28.6. The molecule has 1 heterocycles. The van der Waals surface area contributed by atoms with Crippen molar-refractivity contribution in [3.63, 3.8) is 0 Å². The quantitative estimate of drug-likeness (QED) is 0.701. The number of nitrogens with one attached hydrogen (secondary N) is 2. The van der Waals surface area contributed by atoms with Gasteiger partial charge in [0.05, 0.1) is 0 Å². The summed E-state index contributed by atoms with van der Waals surface area (Å²) in [4.78, 5) is 14.2. The fourth-order valence-electron chi connectivity index (χ4n) is 2.18. The molecule has 0 aliphatic carbocycles. The van der Waals surface area contributed by atoms with Gasteiger partial charge in [-0.3, -0.25) is 9.69 Å². The first-order chi connectivity index (χ1) is 7.20. The number of hydrogen-bond donors (Lipinski definition) is 2. The highest BCUT2D eigenvalue weighted by atomic mass is 16.2. The van der Waals surface area contributed by atoms with Crippen LogP contribution in [-0.4, -0.2) is 49.6 Å². The number of carbonyl (C=O) groups excluding carboxylic acids is 1. The fourth-order valence-corrected chi connectivity index (χ4v) is 2.18. The van der Waals surface area contributed by atoms with Crippen molar-refractivity contribution in [3.05, 3.63) is 0 Å². The predicted octanol–water partition coefficient (Wildman–Crippen LogP) is 0.195. The lowest BCUT2D eigenvalue weighted by Crippen LogP contribution is -2.51. The molecule has 1 aliphatic rings. The molecule has 0 aromatic carbocycles. The highest BCUT2D eigenvalue weighted by molar-refractivity contribution is 5.82. The number of nitrogens with zero attached hydrogens (tertiary/aromatic N) is 1. The summed E-state index contributed by atoms with van der Waals surface area (Å²) < 4.78 is 0. The minimum atomic E-state index is -0.00699. The maximum atomic E-state index is 11.8. The molecule has 4 heteroatoms. The van der Waals surface area contributed by atoms with E-state index in [0.717, 1.165) is 32.5 Å². The van der Waals surface area contributed by atoms with E-state index in [1.165, 1.54) is 0 Å². The summed E-state index contributed by atoms with van der Waals surface area (Å²) in [5.74, 6) is 0.169. The van der Waals surface area contributed by atoms with E-state index in [0.29, 0.717) is 6.04 Å². The zero-order chi connectivity index (χ0) is 11.3. The number of likely N-dealkylation sites (N-methyl/N-ethyl adjacent to an activating group) is 1. The van der Waals surface area contributed by atoms with Crippen LogP contribution in [0.15, 0.2) is 0 Å². The van der Waals surface area contributed by atoms with Crippen LogP contribution < -0.4 is 10.6 Å². The highest BCUT2D eigenvalue weighted by Gasteiger charge is 2.30. The van der Waals surface area contributed by atoms with E-state index < -0.39 is 0 Å². The predicted molar refractivity (Wildman–Crippen MR) is 61.8 cm³/mol. The summed E-state index contributed by atoms with van der Waals surface area (Å²) in [6, 6.07) is 0.481. The Morgan fingerprint density at radius 2 is 2.33 bits per heavy atom. The van der Waals surface area contributed by atoms with Gasteiger partial charge < -0.3 is 10.6 Å². The first-order valence-corrected chi connectivity index (χ1v) is 5.88. The smallest absolute Gasteiger partial charge is 0.238 e. The van der Waals surface area contributed by atoms with Crippen molar-refractivity contribution >= 4 is 5.91 Å². The molecule has 2 N–H and O–H groups in total. The molecule has 0 radical (unpaired) electrons. The molecule has 2 unspecified atom stereocenters. The van der Waals surface area contributed by atoms with Gasteiger partial charge in [0.2, 0.25) is 5.91 Å². The van der Waals surface area contributed by atoms with Gasteiger partial charge in [-0.15, -0.1) is 0 Å². The summed E-state index contributed by atoms with van der Waals surface area (Å²) in [7, 11) is 1.90. The highest BCUT2D eigenvalue weighted by Crippen LogP contribution is 2.12. The van der Waals surface area contributed by atoms with Gasteiger partial charge in [0.1, 0.15) is 6.04 Å². The first kappa shape index (κ1) is 12.5. The van der Waals surface area contributed by atoms with Crippen LogP contribution in [0.2, 0.25) is 0 Å². The summed E-state index contributed by atoms with van der Waals surface area (Å²) in [5, 5.41) is 6.08. The molecule has 1 rings (SSSR count). The van der Waals surface area contributed by atoms with Crippen molar-refractivity contribution in [2.45, 2.75) is 38.8 Å². The SMILES string of the molecule is CCCN1C(C)CCNC(=O)C1CNC. The first-order valence-electron chi connectivity index (χ1n) is 5.88. The lowest BCUT2D eigenvalue weighted by Gasteiger charge is -2.32. The van der Waals surface area contributed by atoms with E-state index in [-0.39, 0.29) is 11.9 Å². The molecule has 1 fully saturated rings. The minimum absolute atomic E-state index is 0.00699. The number of hydrogen-bond acceptors (Lipinski definition) is 3. The third kappa shape index (κ3) is 3.18. The monoisotopic (exact) mass is 213 g/mol. The van der Waals surface area contributed by atoms with Gasteiger partial charge in [0.15, 0.2) is 0 Å². The van der Waals surface area contributed by atoms with Crippen molar-refractivity contribution in [2.75, 3.05) is 26.7 Å². The lowest BCUT2D eigenvalue weighted by atomic mass is 10.1. The molecular formula is C11H23N3O. The summed E-state index contributed by atoms with van der Waals surface area (Å²) in [6.07, 6.45) is 2.14. The van der Waals surface area contributed by atoms with E-state index in [1.807, 2.05) is 7.05 Å². The molecule has 0 aromatic heterocycles. The lowest BCUT2D eigenvalue weighted by molar-refractivity contribution is -0.125. The molecule has 1 amide bonds. The van der Waals surface area contributed by atoms with Crippen LogP contribution in [0.3, 0.4) is 0 Å². The van der Waals surface area contributed by atoms with Crippen LogP contribution in [0.25, 0.3) is 0 Å². The molecule has 15 heavy (non-hydrogen) atoms. The van der Waals surface area contributed by atoms with Crippen molar-refractivity contribution in [1.29, 1.82) is 0 Å². The fraction of sp³-hybridized carbons (Fsp3) is 0.909. The van der Waals surface area contributed by atoms with Gasteiger partial charge in [0, 0.05) is 19.1 Å². The molecule has 2 atom stereocenters. The molecular weight excluding hydrogens is 190 g/mol. The number of carbonyl (C=O) groups is 1. The minimum Gasteiger partial charge on any atom is -0.355 e. The van der Waals surface area contributed by atoms with Gasteiger partial charge >= 0.3 is 0 Å². The standard InChI is InChI=1S/C11H23N3O/c1-4-7-14-9(2)5-6-13-11(15)10(14)8-12-3/h9-10,12H,4-8H2,1-3H3,(H,13,15). The van der Waals surface area contributed by atoms with E-state index in [1.54, 1.807) is 0 Å². The van der Waals surface area contributed by atoms with Gasteiger partial charge in [-0.05, 0) is 33.4 Å². The third-order valence-corrected chi connectivity index (χ3v) is 3.01. The Balaban J connectivity index is 2.73. The summed E-state index contributed by atoms with van der Waals surface area (Å²) in [5.41, 5.74) is 0. The Labute approximate surface area is 92.4 Å². The zero-order valence-corrected chi connectivity index (χ0v) is 10.0. The summed E-state index contributed by atoms with van der Waals surface area (Å²) in [6.45, 7) is 6.90. The van der Waals surface area contributed by atoms with Gasteiger partial charge in [-0.1, -0.05) is 6.92 Å². The summed E-state index contributed by atoms with van der Waals surface area (Å²) >= 11 is 0. The second kappa shape index (κ2) is 6.08. The Morgan fingerprint density at radius 1 is 1.60 bits per heavy atom. The average Bonchev–Trinajstić information content (AvgIpc) is 2.33. The van der Waals surface area contributed by atoms with Gasteiger partial charge in [-0.25, -0.2) is 0 Å². The molecule has 0 bridgehead atoms. The molecule has 1 aliphatic heterocycles. The van der Waals surface area contributed by atoms with Crippen LogP contribution >= 0.6 is 0 Å². The van der Waals surface area contributed by atoms with Crippen molar-refractivity contribution < 1.29 is 4.79 Å². The Bertz CT molecular complexity index is 208. The van der Waals surface area contributed by atoms with Crippen LogP contribution in [-0.2, 0) is 4.79 Å². The van der Waals surface area contributed by atoms with Crippen molar-refractivity contribution in [2.24, 2.45) is 0 Å².